The van der Waals surface area contributed by atoms with Crippen molar-refractivity contribution < 1.29 is 18.8 Å². The van der Waals surface area contributed by atoms with Crippen molar-refractivity contribution in [2.24, 2.45) is 0 Å². The molecule has 2 aromatic rings. The fourth-order valence-corrected chi connectivity index (χ4v) is 2.97. The molecule has 0 saturated carbocycles. The van der Waals surface area contributed by atoms with Crippen molar-refractivity contribution >= 4 is 23.3 Å². The van der Waals surface area contributed by atoms with Crippen LogP contribution < -0.4 is 10.2 Å². The second kappa shape index (κ2) is 8.44. The average molecular weight is 369 g/mol. The highest BCUT2D eigenvalue weighted by Gasteiger charge is 2.24. The minimum absolute atomic E-state index is 0.266. The summed E-state index contributed by atoms with van der Waals surface area (Å²) in [4.78, 5) is 40.0. The minimum atomic E-state index is -0.991. The standard InChI is InChI=1S/C20H20FN3O3/c21-17-9-5-4-8-16(17)19(26)20(27)22-14-18(25)24-12-10-23(11-13-24)15-6-2-1-3-7-15/h1-9H,10-14H2,(H,22,27). The maximum Gasteiger partial charge on any atom is 0.292 e. The van der Waals surface area contributed by atoms with Crippen molar-refractivity contribution in [1.82, 2.24) is 10.2 Å². The quantitative estimate of drug-likeness (QED) is 0.640. The monoisotopic (exact) mass is 369 g/mol. The number of benzene rings is 2. The number of nitrogens with zero attached hydrogens (tertiary/aromatic N) is 2. The number of Topliss-reactive ketones (excluding diaryl/α,β-unsaturated/α-hetero) is 1. The maximum absolute atomic E-state index is 13.6. The molecule has 7 heteroatoms. The molecule has 2 aromatic carbocycles. The van der Waals surface area contributed by atoms with E-state index in [9.17, 15) is 18.8 Å². The number of ketones is 1. The van der Waals surface area contributed by atoms with Crippen molar-refractivity contribution in [2.45, 2.75) is 0 Å². The van der Waals surface area contributed by atoms with Gasteiger partial charge in [0.2, 0.25) is 5.91 Å². The molecular formula is C20H20FN3O3. The third kappa shape index (κ3) is 4.49. The molecule has 6 nitrogen and oxygen atoms in total. The average Bonchev–Trinajstić information content (AvgIpc) is 2.72. The van der Waals surface area contributed by atoms with E-state index in [0.29, 0.717) is 26.2 Å². The number of carbonyl (C=O) groups is 3. The van der Waals surface area contributed by atoms with Crippen molar-refractivity contribution in [2.75, 3.05) is 37.6 Å². The molecule has 0 radical (unpaired) electrons. The largest absolute Gasteiger partial charge is 0.368 e. The van der Waals surface area contributed by atoms with Crippen LogP contribution in [0.3, 0.4) is 0 Å². The van der Waals surface area contributed by atoms with Gasteiger partial charge in [-0.05, 0) is 24.3 Å². The summed E-state index contributed by atoms with van der Waals surface area (Å²) in [7, 11) is 0. The first-order chi connectivity index (χ1) is 13.1. The highest BCUT2D eigenvalue weighted by Crippen LogP contribution is 2.15. The van der Waals surface area contributed by atoms with Gasteiger partial charge in [0, 0.05) is 31.9 Å². The number of amides is 2. The van der Waals surface area contributed by atoms with Gasteiger partial charge in [-0.1, -0.05) is 30.3 Å². The lowest BCUT2D eigenvalue weighted by molar-refractivity contribution is -0.132. The highest BCUT2D eigenvalue weighted by molar-refractivity contribution is 6.43. The smallest absolute Gasteiger partial charge is 0.292 e. The zero-order valence-corrected chi connectivity index (χ0v) is 14.7. The van der Waals surface area contributed by atoms with Crippen molar-refractivity contribution in [3.63, 3.8) is 0 Å². The molecule has 1 aliphatic heterocycles. The zero-order valence-electron chi connectivity index (χ0n) is 14.7. The molecule has 1 N–H and O–H groups in total. The number of hydrogen-bond donors (Lipinski definition) is 1. The van der Waals surface area contributed by atoms with Crippen molar-refractivity contribution in [3.05, 3.63) is 66.0 Å². The third-order valence-electron chi connectivity index (χ3n) is 4.48. The van der Waals surface area contributed by atoms with Gasteiger partial charge in [0.05, 0.1) is 12.1 Å². The molecule has 140 valence electrons. The van der Waals surface area contributed by atoms with Crippen LogP contribution in [0.2, 0.25) is 0 Å². The molecular weight excluding hydrogens is 349 g/mol. The number of rotatable bonds is 5. The van der Waals surface area contributed by atoms with Gasteiger partial charge in [-0.3, -0.25) is 14.4 Å². The van der Waals surface area contributed by atoms with Crippen LogP contribution in [0.1, 0.15) is 10.4 Å². The van der Waals surface area contributed by atoms with Gasteiger partial charge < -0.3 is 15.1 Å². The molecule has 1 aliphatic rings. The van der Waals surface area contributed by atoms with Gasteiger partial charge in [-0.25, -0.2) is 4.39 Å². The summed E-state index contributed by atoms with van der Waals surface area (Å²) in [5.74, 6) is -3.01. The van der Waals surface area contributed by atoms with Gasteiger partial charge >= 0.3 is 0 Å². The lowest BCUT2D eigenvalue weighted by Gasteiger charge is -2.36. The molecule has 0 unspecified atom stereocenters. The van der Waals surface area contributed by atoms with Gasteiger partial charge in [-0.15, -0.1) is 0 Å². The molecule has 0 spiro atoms. The van der Waals surface area contributed by atoms with Gasteiger partial charge in [0.1, 0.15) is 5.82 Å². The Balaban J connectivity index is 1.48. The predicted octanol–water partition coefficient (Wildman–Crippen LogP) is 1.47. The van der Waals surface area contributed by atoms with E-state index < -0.39 is 17.5 Å². The molecule has 3 rings (SSSR count). The van der Waals surface area contributed by atoms with Gasteiger partial charge in [0.15, 0.2) is 0 Å². The fraction of sp³-hybridized carbons (Fsp3) is 0.250. The number of para-hydroxylation sites is 1. The Bertz CT molecular complexity index is 833. The van der Waals surface area contributed by atoms with E-state index in [0.717, 1.165) is 11.8 Å². The van der Waals surface area contributed by atoms with E-state index in [1.165, 1.54) is 18.2 Å². The van der Waals surface area contributed by atoms with E-state index in [1.807, 2.05) is 30.3 Å². The summed E-state index contributed by atoms with van der Waals surface area (Å²) in [5, 5.41) is 2.29. The summed E-state index contributed by atoms with van der Waals surface area (Å²) in [6, 6.07) is 15.2. The zero-order chi connectivity index (χ0) is 19.2. The summed E-state index contributed by atoms with van der Waals surface area (Å²) >= 11 is 0. The molecule has 0 atom stereocenters. The SMILES string of the molecule is O=C(NCC(=O)N1CCN(c2ccccc2)CC1)C(=O)c1ccccc1F. The van der Waals surface area contributed by atoms with E-state index in [4.69, 9.17) is 0 Å². The predicted molar refractivity (Wildman–Crippen MR) is 99.0 cm³/mol. The Hall–Kier alpha value is -3.22. The first-order valence-corrected chi connectivity index (χ1v) is 8.71. The molecule has 27 heavy (non-hydrogen) atoms. The Labute approximate surface area is 156 Å². The van der Waals surface area contributed by atoms with E-state index in [-0.39, 0.29) is 18.0 Å². The second-order valence-electron chi connectivity index (χ2n) is 6.20. The molecule has 1 heterocycles. The molecule has 0 aromatic heterocycles. The Morgan fingerprint density at radius 3 is 2.19 bits per heavy atom. The maximum atomic E-state index is 13.6. The number of halogens is 1. The van der Waals surface area contributed by atoms with Crippen LogP contribution in [0.15, 0.2) is 54.6 Å². The third-order valence-corrected chi connectivity index (χ3v) is 4.48. The number of nitrogens with one attached hydrogen (secondary N) is 1. The van der Waals surface area contributed by atoms with E-state index in [2.05, 4.69) is 10.2 Å². The number of hydrogen-bond acceptors (Lipinski definition) is 4. The molecule has 1 saturated heterocycles. The molecule has 2 amide bonds. The first kappa shape index (κ1) is 18.6. The summed E-state index contributed by atoms with van der Waals surface area (Å²) in [5.41, 5.74) is 0.798. The van der Waals surface area contributed by atoms with E-state index >= 15 is 0 Å². The minimum Gasteiger partial charge on any atom is -0.368 e. The lowest BCUT2D eigenvalue weighted by atomic mass is 10.1. The van der Waals surface area contributed by atoms with Crippen LogP contribution in [-0.4, -0.2) is 55.2 Å². The highest BCUT2D eigenvalue weighted by atomic mass is 19.1. The van der Waals surface area contributed by atoms with Crippen LogP contribution in [0.25, 0.3) is 0 Å². The molecule has 1 fully saturated rings. The van der Waals surface area contributed by atoms with Crippen LogP contribution >= 0.6 is 0 Å². The van der Waals surface area contributed by atoms with Crippen LogP contribution in [0, 0.1) is 5.82 Å². The lowest BCUT2D eigenvalue weighted by Crippen LogP contribution is -2.51. The van der Waals surface area contributed by atoms with Gasteiger partial charge in [0.25, 0.3) is 11.7 Å². The first-order valence-electron chi connectivity index (χ1n) is 8.71. The van der Waals surface area contributed by atoms with Crippen LogP contribution in [0.4, 0.5) is 10.1 Å². The molecule has 0 bridgehead atoms. The Kier molecular flexibility index (Phi) is 5.80. The second-order valence-corrected chi connectivity index (χ2v) is 6.20. The number of anilines is 1. The van der Waals surface area contributed by atoms with Crippen LogP contribution in [0.5, 0.6) is 0 Å². The summed E-state index contributed by atoms with van der Waals surface area (Å²) < 4.78 is 13.6. The fourth-order valence-electron chi connectivity index (χ4n) is 2.97. The van der Waals surface area contributed by atoms with Crippen molar-refractivity contribution in [3.8, 4) is 0 Å². The van der Waals surface area contributed by atoms with Crippen LogP contribution in [-0.2, 0) is 9.59 Å². The summed E-state index contributed by atoms with van der Waals surface area (Å²) in [6.45, 7) is 2.16. The number of carbonyl (C=O) groups excluding carboxylic acids is 3. The Morgan fingerprint density at radius 1 is 0.889 bits per heavy atom. The number of piperazine rings is 1. The molecule has 0 aliphatic carbocycles. The van der Waals surface area contributed by atoms with Crippen molar-refractivity contribution in [1.29, 1.82) is 0 Å². The Morgan fingerprint density at radius 2 is 1.52 bits per heavy atom. The summed E-state index contributed by atoms with van der Waals surface area (Å²) in [6.07, 6.45) is 0. The normalized spacial score (nSPS) is 14.0. The van der Waals surface area contributed by atoms with Gasteiger partial charge in [-0.2, -0.15) is 0 Å². The van der Waals surface area contributed by atoms with E-state index in [1.54, 1.807) is 4.90 Å². The topological polar surface area (TPSA) is 69.7 Å².